The van der Waals surface area contributed by atoms with Crippen molar-refractivity contribution in [3.63, 3.8) is 0 Å². The van der Waals surface area contributed by atoms with E-state index in [4.69, 9.17) is 14.8 Å². The Labute approximate surface area is 197 Å². The van der Waals surface area contributed by atoms with Crippen LogP contribution in [0.25, 0.3) is 16.0 Å². The van der Waals surface area contributed by atoms with E-state index in [2.05, 4.69) is 30.0 Å². The molecule has 2 aromatic carbocycles. The van der Waals surface area contributed by atoms with Crippen LogP contribution in [0.2, 0.25) is 0 Å². The van der Waals surface area contributed by atoms with Gasteiger partial charge in [-0.3, -0.25) is 4.79 Å². The minimum atomic E-state index is 0.0181. The number of aryl methyl sites for hydroxylation is 2. The summed E-state index contributed by atoms with van der Waals surface area (Å²) in [5.74, 6) is 0.635. The lowest BCUT2D eigenvalue weighted by molar-refractivity contribution is 0.0763. The van der Waals surface area contributed by atoms with Gasteiger partial charge in [0.1, 0.15) is 5.75 Å². The van der Waals surface area contributed by atoms with Crippen molar-refractivity contribution >= 4 is 32.7 Å². The maximum absolute atomic E-state index is 13.2. The zero-order valence-electron chi connectivity index (χ0n) is 19.1. The normalized spacial score (nSPS) is 14.5. The second kappa shape index (κ2) is 8.86. The molecule has 3 heterocycles. The molecule has 4 aromatic rings. The molecule has 8 heteroatoms. The molecule has 1 aliphatic rings. The van der Waals surface area contributed by atoms with E-state index in [1.807, 2.05) is 46.8 Å². The van der Waals surface area contributed by atoms with Crippen LogP contribution in [0.5, 0.6) is 5.75 Å². The molecule has 0 saturated carbocycles. The average molecular weight is 462 g/mol. The first-order valence-corrected chi connectivity index (χ1v) is 12.0. The number of aromatic nitrogens is 3. The van der Waals surface area contributed by atoms with E-state index >= 15 is 0 Å². The summed E-state index contributed by atoms with van der Waals surface area (Å²) < 4.78 is 8.44. The first kappa shape index (κ1) is 21.5. The van der Waals surface area contributed by atoms with Gasteiger partial charge in [0.15, 0.2) is 10.8 Å². The van der Waals surface area contributed by atoms with Gasteiger partial charge in [0.05, 0.1) is 28.8 Å². The quantitative estimate of drug-likeness (QED) is 0.449. The molecule has 1 aliphatic heterocycles. The molecule has 5 rings (SSSR count). The second-order valence-corrected chi connectivity index (χ2v) is 9.30. The molecule has 0 atom stereocenters. The van der Waals surface area contributed by atoms with E-state index in [0.29, 0.717) is 24.4 Å². The number of carbonyl (C=O) groups excluding carboxylic acids is 1. The number of nitrogens with zero attached hydrogens (tertiary/aromatic N) is 5. The van der Waals surface area contributed by atoms with Crippen LogP contribution in [0.4, 0.5) is 5.13 Å². The Balaban J connectivity index is 1.38. The Hall–Kier alpha value is -3.39. The number of methoxy groups -OCH3 is 1. The van der Waals surface area contributed by atoms with Gasteiger partial charge in [-0.05, 0) is 50.1 Å². The van der Waals surface area contributed by atoms with Gasteiger partial charge in [-0.25, -0.2) is 4.68 Å². The van der Waals surface area contributed by atoms with E-state index in [9.17, 15) is 4.79 Å². The monoisotopic (exact) mass is 461 g/mol. The first-order chi connectivity index (χ1) is 16.0. The molecule has 0 aliphatic carbocycles. The summed E-state index contributed by atoms with van der Waals surface area (Å²) in [7, 11) is 1.60. The van der Waals surface area contributed by atoms with Gasteiger partial charge in [-0.1, -0.05) is 35.6 Å². The minimum absolute atomic E-state index is 0.0181. The van der Waals surface area contributed by atoms with E-state index in [1.165, 1.54) is 5.56 Å². The van der Waals surface area contributed by atoms with Crippen LogP contribution in [0.15, 0.2) is 48.5 Å². The maximum atomic E-state index is 13.2. The SMILES string of the molecule is COc1ccccc1C(=O)N1CCCN(c2nc3c(s2)c(C)nn3-c2cccc(C)c2)CC1. The van der Waals surface area contributed by atoms with Crippen molar-refractivity contribution in [1.82, 2.24) is 19.7 Å². The average Bonchev–Trinajstić information content (AvgIpc) is 3.29. The smallest absolute Gasteiger partial charge is 0.257 e. The van der Waals surface area contributed by atoms with Crippen LogP contribution in [0.1, 0.15) is 28.0 Å². The van der Waals surface area contributed by atoms with Crippen LogP contribution >= 0.6 is 11.3 Å². The lowest BCUT2D eigenvalue weighted by Gasteiger charge is -2.22. The third kappa shape index (κ3) is 4.06. The molecule has 1 amide bonds. The highest BCUT2D eigenvalue weighted by molar-refractivity contribution is 7.22. The zero-order valence-corrected chi connectivity index (χ0v) is 19.9. The number of fused-ring (bicyclic) bond motifs is 1. The summed E-state index contributed by atoms with van der Waals surface area (Å²) in [6, 6.07) is 15.7. The lowest BCUT2D eigenvalue weighted by Crippen LogP contribution is -2.35. The molecule has 0 radical (unpaired) electrons. The molecule has 7 nitrogen and oxygen atoms in total. The van der Waals surface area contributed by atoms with Crippen LogP contribution < -0.4 is 9.64 Å². The summed E-state index contributed by atoms with van der Waals surface area (Å²) in [5, 5.41) is 5.72. The number of hydrogen-bond acceptors (Lipinski definition) is 6. The minimum Gasteiger partial charge on any atom is -0.496 e. The Morgan fingerprint density at radius 2 is 1.88 bits per heavy atom. The van der Waals surface area contributed by atoms with Gasteiger partial charge in [-0.15, -0.1) is 0 Å². The fraction of sp³-hybridized carbons (Fsp3) is 0.320. The van der Waals surface area contributed by atoms with Crippen LogP contribution in [-0.4, -0.2) is 58.9 Å². The second-order valence-electron chi connectivity index (χ2n) is 8.32. The predicted octanol–water partition coefficient (Wildman–Crippen LogP) is 4.46. The first-order valence-electron chi connectivity index (χ1n) is 11.2. The number of hydrogen-bond donors (Lipinski definition) is 0. The van der Waals surface area contributed by atoms with E-state index in [1.54, 1.807) is 18.4 Å². The third-order valence-corrected chi connectivity index (χ3v) is 7.23. The van der Waals surface area contributed by atoms with Crippen LogP contribution in [-0.2, 0) is 0 Å². The summed E-state index contributed by atoms with van der Waals surface area (Å²) in [5.41, 5.74) is 4.70. The van der Waals surface area contributed by atoms with Gasteiger partial charge in [0, 0.05) is 26.2 Å². The van der Waals surface area contributed by atoms with Crippen molar-refractivity contribution in [3.05, 3.63) is 65.4 Å². The molecule has 170 valence electrons. The van der Waals surface area contributed by atoms with E-state index in [0.717, 1.165) is 46.4 Å². The van der Waals surface area contributed by atoms with Crippen molar-refractivity contribution in [2.75, 3.05) is 38.2 Å². The molecular weight excluding hydrogens is 434 g/mol. The standard InChI is InChI=1S/C25H27N5O2S/c1-17-8-6-9-19(16-17)30-23-22(18(2)27-30)33-25(26-23)29-13-7-12-28(14-15-29)24(31)20-10-4-5-11-21(20)32-3/h4-6,8-11,16H,7,12-15H2,1-3H3. The predicted molar refractivity (Wildman–Crippen MR) is 132 cm³/mol. The highest BCUT2D eigenvalue weighted by atomic mass is 32.1. The Morgan fingerprint density at radius 3 is 2.70 bits per heavy atom. The number of para-hydroxylation sites is 1. The van der Waals surface area contributed by atoms with Gasteiger partial charge >= 0.3 is 0 Å². The number of carbonyl (C=O) groups is 1. The Bertz CT molecular complexity index is 1310. The van der Waals surface area contributed by atoms with Crippen molar-refractivity contribution in [1.29, 1.82) is 0 Å². The van der Waals surface area contributed by atoms with Crippen molar-refractivity contribution in [2.24, 2.45) is 0 Å². The molecule has 0 spiro atoms. The van der Waals surface area contributed by atoms with Crippen molar-refractivity contribution in [2.45, 2.75) is 20.3 Å². The number of ether oxygens (including phenoxy) is 1. The largest absolute Gasteiger partial charge is 0.496 e. The number of anilines is 1. The summed E-state index contributed by atoms with van der Waals surface area (Å²) in [6.45, 7) is 7.09. The number of thiazole rings is 1. The summed E-state index contributed by atoms with van der Waals surface area (Å²) in [6.07, 6.45) is 0.889. The maximum Gasteiger partial charge on any atom is 0.257 e. The van der Waals surface area contributed by atoms with Gasteiger partial charge < -0.3 is 14.5 Å². The van der Waals surface area contributed by atoms with E-state index in [-0.39, 0.29) is 5.91 Å². The zero-order chi connectivity index (χ0) is 22.9. The topological polar surface area (TPSA) is 63.5 Å². The molecule has 0 bridgehead atoms. The Morgan fingerprint density at radius 1 is 1.03 bits per heavy atom. The Kier molecular flexibility index (Phi) is 5.76. The highest BCUT2D eigenvalue weighted by Crippen LogP contribution is 2.33. The number of benzene rings is 2. The third-order valence-electron chi connectivity index (χ3n) is 6.01. The van der Waals surface area contributed by atoms with Crippen molar-refractivity contribution in [3.8, 4) is 11.4 Å². The van der Waals surface area contributed by atoms with Crippen molar-refractivity contribution < 1.29 is 9.53 Å². The fourth-order valence-electron chi connectivity index (χ4n) is 4.30. The van der Waals surface area contributed by atoms with Crippen LogP contribution in [0.3, 0.4) is 0 Å². The highest BCUT2D eigenvalue weighted by Gasteiger charge is 2.25. The van der Waals surface area contributed by atoms with Gasteiger partial charge in [-0.2, -0.15) is 10.1 Å². The molecule has 0 N–H and O–H groups in total. The molecule has 0 unspecified atom stereocenters. The van der Waals surface area contributed by atoms with Gasteiger partial charge in [0.25, 0.3) is 5.91 Å². The molecule has 2 aromatic heterocycles. The lowest BCUT2D eigenvalue weighted by atomic mass is 10.1. The fourth-order valence-corrected chi connectivity index (χ4v) is 5.34. The summed E-state index contributed by atoms with van der Waals surface area (Å²) in [4.78, 5) is 22.3. The summed E-state index contributed by atoms with van der Waals surface area (Å²) >= 11 is 1.68. The molecule has 33 heavy (non-hydrogen) atoms. The molecule has 1 saturated heterocycles. The van der Waals surface area contributed by atoms with Gasteiger partial charge in [0.2, 0.25) is 0 Å². The number of rotatable bonds is 4. The van der Waals surface area contributed by atoms with E-state index < -0.39 is 0 Å². The molecular formula is C25H27N5O2S. The number of amides is 1. The van der Waals surface area contributed by atoms with Crippen LogP contribution in [0, 0.1) is 13.8 Å². The molecule has 1 fully saturated rings.